The Balaban J connectivity index is 5.39. The highest BCUT2D eigenvalue weighted by Crippen LogP contribution is 2.25. The van der Waals surface area contributed by atoms with E-state index in [1.165, 1.54) is 0 Å². The van der Waals surface area contributed by atoms with Gasteiger partial charge in [0.25, 0.3) is 0 Å². The van der Waals surface area contributed by atoms with Crippen LogP contribution in [0.4, 0.5) is 0 Å². The van der Waals surface area contributed by atoms with Gasteiger partial charge in [0.15, 0.2) is 0 Å². The Kier molecular flexibility index (Phi) is 7.95. The first-order valence-corrected chi connectivity index (χ1v) is 9.03. The molecule has 3 unspecified atom stereocenters. The maximum absolute atomic E-state index is 6.00. The second kappa shape index (κ2) is 8.42. The molecule has 0 aliphatic rings. The molecule has 0 aromatic carbocycles. The van der Waals surface area contributed by atoms with E-state index in [4.69, 9.17) is 32.5 Å². The Bertz CT molecular complexity index is 413. The van der Waals surface area contributed by atoms with Crippen LogP contribution in [0.15, 0.2) is 0 Å². The first kappa shape index (κ1) is 20.8. The first-order chi connectivity index (χ1) is 10.1. The van der Waals surface area contributed by atoms with Crippen LogP contribution in [0.5, 0.6) is 0 Å². The summed E-state index contributed by atoms with van der Waals surface area (Å²) in [7, 11) is -2.64. The van der Waals surface area contributed by atoms with Crippen LogP contribution in [0.3, 0.4) is 0 Å². The van der Waals surface area contributed by atoms with Crippen molar-refractivity contribution in [2.75, 3.05) is 0 Å². The second-order valence-corrected chi connectivity index (χ2v) is 7.11. The van der Waals surface area contributed by atoms with E-state index in [0.29, 0.717) is 19.3 Å². The molecule has 0 amide bonds. The van der Waals surface area contributed by atoms with Gasteiger partial charge >= 0.3 is 9.53 Å². The van der Waals surface area contributed by atoms with Gasteiger partial charge in [-0.05, 0) is 40.0 Å². The minimum Gasteiger partial charge on any atom is -0.359 e. The van der Waals surface area contributed by atoms with Gasteiger partial charge in [0.05, 0.1) is 0 Å². The quantitative estimate of drug-likeness (QED) is 0.482. The maximum atomic E-state index is 6.00. The lowest BCUT2D eigenvalue weighted by atomic mass is 10.1. The summed E-state index contributed by atoms with van der Waals surface area (Å²) in [5.74, 6) is 7.95. The molecule has 0 fully saturated rings. The summed E-state index contributed by atoms with van der Waals surface area (Å²) in [5, 5.41) is 0. The lowest BCUT2D eigenvalue weighted by Gasteiger charge is -2.36. The highest BCUT2D eigenvalue weighted by atomic mass is 28.3. The summed E-state index contributed by atoms with van der Waals surface area (Å²) in [6, 6.07) is 0. The number of hydrogen-bond acceptors (Lipinski definition) is 3. The molecule has 0 saturated carbocycles. The van der Waals surface area contributed by atoms with Crippen molar-refractivity contribution in [1.29, 1.82) is 0 Å². The van der Waals surface area contributed by atoms with E-state index >= 15 is 0 Å². The SMILES string of the molecule is C#CC(C)(CC)O[SiH](OC(C)(C#C)CC)OC(C)(C#C)CC. The van der Waals surface area contributed by atoms with Crippen LogP contribution in [0.1, 0.15) is 60.8 Å². The van der Waals surface area contributed by atoms with Crippen LogP contribution in [0.25, 0.3) is 0 Å². The van der Waals surface area contributed by atoms with Crippen molar-refractivity contribution in [3.63, 3.8) is 0 Å². The fourth-order valence-electron chi connectivity index (χ4n) is 1.37. The molecule has 4 heteroatoms. The van der Waals surface area contributed by atoms with E-state index in [0.717, 1.165) is 0 Å². The number of hydrogen-bond donors (Lipinski definition) is 0. The van der Waals surface area contributed by atoms with Gasteiger partial charge in [0.1, 0.15) is 16.8 Å². The van der Waals surface area contributed by atoms with E-state index in [1.807, 2.05) is 41.5 Å². The van der Waals surface area contributed by atoms with Crippen molar-refractivity contribution in [3.05, 3.63) is 0 Å². The van der Waals surface area contributed by atoms with Crippen LogP contribution in [-0.2, 0) is 13.3 Å². The summed E-state index contributed by atoms with van der Waals surface area (Å²) < 4.78 is 18.0. The third kappa shape index (κ3) is 5.88. The molecule has 0 aliphatic carbocycles. The van der Waals surface area contributed by atoms with Crippen molar-refractivity contribution in [1.82, 2.24) is 0 Å². The van der Waals surface area contributed by atoms with Crippen LogP contribution < -0.4 is 0 Å². The van der Waals surface area contributed by atoms with Crippen LogP contribution in [0.2, 0.25) is 0 Å². The molecule has 22 heavy (non-hydrogen) atoms. The Morgan fingerprint density at radius 1 is 0.682 bits per heavy atom. The summed E-state index contributed by atoms with van der Waals surface area (Å²) in [4.78, 5) is 0. The molecule has 0 aliphatic heterocycles. The Morgan fingerprint density at radius 2 is 0.909 bits per heavy atom. The van der Waals surface area contributed by atoms with E-state index < -0.39 is 26.3 Å². The smallest absolute Gasteiger partial charge is 0.359 e. The van der Waals surface area contributed by atoms with Crippen LogP contribution >= 0.6 is 0 Å². The lowest BCUT2D eigenvalue weighted by molar-refractivity contribution is -0.0367. The highest BCUT2D eigenvalue weighted by molar-refractivity contribution is 6.37. The van der Waals surface area contributed by atoms with Gasteiger partial charge in [-0.25, -0.2) is 0 Å². The third-order valence-corrected chi connectivity index (χ3v) is 6.15. The van der Waals surface area contributed by atoms with Gasteiger partial charge in [-0.2, -0.15) is 0 Å². The number of terminal acetylenes is 3. The van der Waals surface area contributed by atoms with Gasteiger partial charge in [-0.3, -0.25) is 0 Å². The largest absolute Gasteiger partial charge is 0.487 e. The Labute approximate surface area is 138 Å². The second-order valence-electron chi connectivity index (χ2n) is 5.83. The maximum Gasteiger partial charge on any atom is 0.487 e. The van der Waals surface area contributed by atoms with Crippen molar-refractivity contribution in [2.24, 2.45) is 0 Å². The van der Waals surface area contributed by atoms with Crippen LogP contribution in [0, 0.1) is 37.0 Å². The fraction of sp³-hybridized carbons (Fsp3) is 0.667. The van der Waals surface area contributed by atoms with Gasteiger partial charge in [-0.1, -0.05) is 38.5 Å². The van der Waals surface area contributed by atoms with E-state index in [-0.39, 0.29) is 0 Å². The predicted molar refractivity (Wildman–Crippen MR) is 93.0 cm³/mol. The van der Waals surface area contributed by atoms with Crippen LogP contribution in [-0.4, -0.2) is 26.3 Å². The van der Waals surface area contributed by atoms with Crippen molar-refractivity contribution in [3.8, 4) is 37.0 Å². The third-order valence-electron chi connectivity index (χ3n) is 4.01. The summed E-state index contributed by atoms with van der Waals surface area (Å²) in [5.41, 5.74) is -2.28. The van der Waals surface area contributed by atoms with Gasteiger partial charge in [0, 0.05) is 0 Å². The molecule has 0 spiro atoms. The zero-order valence-electron chi connectivity index (χ0n) is 14.7. The zero-order valence-corrected chi connectivity index (χ0v) is 15.8. The molecule has 0 N–H and O–H groups in total. The van der Waals surface area contributed by atoms with Crippen molar-refractivity contribution in [2.45, 2.75) is 77.6 Å². The van der Waals surface area contributed by atoms with Gasteiger partial charge < -0.3 is 13.3 Å². The molecule has 0 rings (SSSR count). The fourth-order valence-corrected chi connectivity index (χ4v) is 3.49. The van der Waals surface area contributed by atoms with Gasteiger partial charge in [-0.15, -0.1) is 19.3 Å². The molecule has 3 atom stereocenters. The molecule has 3 nitrogen and oxygen atoms in total. The highest BCUT2D eigenvalue weighted by Gasteiger charge is 2.38. The summed E-state index contributed by atoms with van der Waals surface area (Å²) in [6.07, 6.45) is 18.6. The van der Waals surface area contributed by atoms with E-state index in [2.05, 4.69) is 17.8 Å². The first-order valence-electron chi connectivity index (χ1n) is 7.62. The molecular weight excluding hydrogens is 292 g/mol. The normalized spacial score (nSPS) is 20.3. The topological polar surface area (TPSA) is 27.7 Å². The molecular formula is C18H28O3Si. The average molecular weight is 321 g/mol. The summed E-state index contributed by atoms with van der Waals surface area (Å²) in [6.45, 7) is 11.3. The minimum atomic E-state index is -2.64. The molecule has 0 heterocycles. The standard InChI is InChI=1S/C18H28O3Si/c1-10-16(7,11-2)19-22(20-17(8,12-3)13-4)21-18(9,14-5)15-6/h1,3,5,22H,11,13,15H2,2,4,6-9H3. The average Bonchev–Trinajstić information content (AvgIpc) is 2.54. The molecule has 0 radical (unpaired) electrons. The van der Waals surface area contributed by atoms with Gasteiger partial charge in [0.2, 0.25) is 0 Å². The monoisotopic (exact) mass is 320 g/mol. The Hall–Kier alpha value is -1.22. The number of rotatable bonds is 9. The molecule has 0 aromatic rings. The summed E-state index contributed by atoms with van der Waals surface area (Å²) >= 11 is 0. The zero-order chi connectivity index (χ0) is 17.4. The minimum absolute atomic E-state index is 0.636. The Morgan fingerprint density at radius 3 is 1.05 bits per heavy atom. The molecule has 122 valence electrons. The van der Waals surface area contributed by atoms with E-state index in [1.54, 1.807) is 0 Å². The van der Waals surface area contributed by atoms with Crippen molar-refractivity contribution >= 4 is 9.53 Å². The lowest BCUT2D eigenvalue weighted by Crippen LogP contribution is -2.48. The molecule has 0 aromatic heterocycles. The van der Waals surface area contributed by atoms with E-state index in [9.17, 15) is 0 Å². The predicted octanol–water partition coefficient (Wildman–Crippen LogP) is 3.16. The molecule has 0 saturated heterocycles. The molecule has 0 bridgehead atoms. The van der Waals surface area contributed by atoms with Crippen molar-refractivity contribution < 1.29 is 13.3 Å².